The average Bonchev–Trinajstić information content (AvgIpc) is 2.97. The number of ether oxygens (including phenoxy) is 2. The molecule has 0 amide bonds. The van der Waals surface area contributed by atoms with Crippen LogP contribution in [0.5, 0.6) is 11.5 Å². The number of nitrogens with zero attached hydrogens (tertiary/aromatic N) is 2. The lowest BCUT2D eigenvalue weighted by molar-refractivity contribution is -0.679. The molecule has 1 N–H and O–H groups in total. The second kappa shape index (κ2) is 7.79. The first-order valence-corrected chi connectivity index (χ1v) is 8.96. The number of methoxy groups -OCH3 is 1. The van der Waals surface area contributed by atoms with E-state index >= 15 is 0 Å². The fraction of sp³-hybridized carbons (Fsp3) is 0.381. The van der Waals surface area contributed by atoms with Gasteiger partial charge in [0.2, 0.25) is 6.33 Å². The van der Waals surface area contributed by atoms with E-state index in [1.54, 1.807) is 7.11 Å². The lowest BCUT2D eigenvalue weighted by Gasteiger charge is -2.12. The molecule has 3 rings (SSSR count). The molecule has 138 valence electrons. The van der Waals surface area contributed by atoms with Crippen molar-refractivity contribution in [1.82, 2.24) is 4.57 Å². The Labute approximate surface area is 154 Å². The van der Waals surface area contributed by atoms with Gasteiger partial charge in [0.25, 0.3) is 0 Å². The van der Waals surface area contributed by atoms with Crippen molar-refractivity contribution < 1.29 is 19.1 Å². The van der Waals surface area contributed by atoms with Gasteiger partial charge in [0.15, 0.2) is 11.0 Å². The molecule has 0 saturated carbocycles. The maximum absolute atomic E-state index is 10.5. The van der Waals surface area contributed by atoms with E-state index in [1.807, 2.05) is 24.3 Å². The van der Waals surface area contributed by atoms with E-state index in [0.29, 0.717) is 12.3 Å². The zero-order valence-corrected chi connectivity index (χ0v) is 15.9. The van der Waals surface area contributed by atoms with Gasteiger partial charge < -0.3 is 14.6 Å². The fourth-order valence-corrected chi connectivity index (χ4v) is 3.10. The van der Waals surface area contributed by atoms with Crippen molar-refractivity contribution in [2.45, 2.75) is 40.0 Å². The van der Waals surface area contributed by atoms with E-state index in [-0.39, 0.29) is 6.61 Å². The highest BCUT2D eigenvalue weighted by Crippen LogP contribution is 2.20. The van der Waals surface area contributed by atoms with E-state index in [4.69, 9.17) is 9.47 Å². The first-order valence-electron chi connectivity index (χ1n) is 8.96. The summed E-state index contributed by atoms with van der Waals surface area (Å²) in [5.74, 6) is 1.43. The summed E-state index contributed by atoms with van der Waals surface area (Å²) < 4.78 is 15.2. The highest BCUT2D eigenvalue weighted by atomic mass is 16.5. The molecule has 0 radical (unpaired) electrons. The van der Waals surface area contributed by atoms with Crippen LogP contribution in [0.1, 0.15) is 18.1 Å². The molecule has 0 aliphatic rings. The summed E-state index contributed by atoms with van der Waals surface area (Å²) in [7, 11) is 1.62. The predicted octanol–water partition coefficient (Wildman–Crippen LogP) is 3.01. The summed E-state index contributed by atoms with van der Waals surface area (Å²) in [6, 6.07) is 11.8. The molecule has 1 atom stereocenters. The fourth-order valence-electron chi connectivity index (χ4n) is 3.10. The molecule has 0 fully saturated rings. The molecule has 5 heteroatoms. The number of imidazole rings is 1. The molecule has 0 aliphatic heterocycles. The third-order valence-corrected chi connectivity index (χ3v) is 4.72. The molecule has 0 aliphatic carbocycles. The summed E-state index contributed by atoms with van der Waals surface area (Å²) in [5, 5.41) is 10.5. The highest BCUT2D eigenvalue weighted by Gasteiger charge is 2.19. The van der Waals surface area contributed by atoms with Crippen LogP contribution in [0.15, 0.2) is 42.7 Å². The molecule has 3 aromatic rings. The van der Waals surface area contributed by atoms with Crippen LogP contribution in [-0.4, -0.2) is 29.5 Å². The molecule has 1 heterocycles. The van der Waals surface area contributed by atoms with Crippen molar-refractivity contribution >= 4 is 11.0 Å². The van der Waals surface area contributed by atoms with Crippen molar-refractivity contribution in [2.24, 2.45) is 0 Å². The minimum absolute atomic E-state index is 0.226. The largest absolute Gasteiger partial charge is 0.497 e. The third kappa shape index (κ3) is 3.83. The highest BCUT2D eigenvalue weighted by molar-refractivity contribution is 5.74. The van der Waals surface area contributed by atoms with E-state index < -0.39 is 6.10 Å². The number of aromatic nitrogens is 2. The molecule has 5 nitrogen and oxygen atoms in total. The number of fused-ring (bicyclic) bond motifs is 1. The summed E-state index contributed by atoms with van der Waals surface area (Å²) >= 11 is 0. The average molecular weight is 355 g/mol. The number of hydrogen-bond donors (Lipinski definition) is 1. The number of rotatable bonds is 7. The number of hydrogen-bond acceptors (Lipinski definition) is 3. The molecule has 0 unspecified atom stereocenters. The minimum Gasteiger partial charge on any atom is -0.497 e. The molecular formula is C21H27N2O3+. The number of benzene rings is 2. The molecule has 0 bridgehead atoms. The van der Waals surface area contributed by atoms with Gasteiger partial charge in [-0.3, -0.25) is 0 Å². The molecular weight excluding hydrogens is 328 g/mol. The van der Waals surface area contributed by atoms with E-state index in [2.05, 4.69) is 48.4 Å². The molecule has 2 aromatic carbocycles. The first kappa shape index (κ1) is 18.3. The number of aryl methyl sites for hydroxylation is 3. The molecule has 26 heavy (non-hydrogen) atoms. The summed E-state index contributed by atoms with van der Waals surface area (Å²) in [6.45, 7) is 7.97. The Kier molecular flexibility index (Phi) is 5.47. The van der Waals surface area contributed by atoms with Gasteiger partial charge in [-0.1, -0.05) is 6.07 Å². The van der Waals surface area contributed by atoms with E-state index in [9.17, 15) is 5.11 Å². The monoisotopic (exact) mass is 355 g/mol. The SMILES string of the molecule is CCn1c[n+](C[C@@H](O)COc2cccc(OC)c2)c2cc(C)c(C)cc21. The second-order valence-electron chi connectivity index (χ2n) is 6.62. The van der Waals surface area contributed by atoms with Crippen LogP contribution in [0.2, 0.25) is 0 Å². The normalized spacial score (nSPS) is 12.3. The maximum Gasteiger partial charge on any atom is 0.244 e. The van der Waals surface area contributed by atoms with E-state index in [0.717, 1.165) is 17.8 Å². The second-order valence-corrected chi connectivity index (χ2v) is 6.62. The molecule has 0 saturated heterocycles. The summed E-state index contributed by atoms with van der Waals surface area (Å²) in [4.78, 5) is 0. The van der Waals surface area contributed by atoms with Crippen LogP contribution >= 0.6 is 0 Å². The van der Waals surface area contributed by atoms with Gasteiger partial charge in [-0.05, 0) is 56.2 Å². The van der Waals surface area contributed by atoms with Gasteiger partial charge in [0, 0.05) is 6.07 Å². The Balaban J connectivity index is 1.74. The Bertz CT molecular complexity index is 902. The lowest BCUT2D eigenvalue weighted by atomic mass is 10.1. The van der Waals surface area contributed by atoms with Crippen molar-refractivity contribution in [1.29, 1.82) is 0 Å². The molecule has 0 spiro atoms. The van der Waals surface area contributed by atoms with Crippen LogP contribution in [0, 0.1) is 13.8 Å². The quantitative estimate of drug-likeness (QED) is 0.663. The molecule has 1 aromatic heterocycles. The Morgan fingerprint density at radius 3 is 2.58 bits per heavy atom. The lowest BCUT2D eigenvalue weighted by Crippen LogP contribution is -2.41. The summed E-state index contributed by atoms with van der Waals surface area (Å²) in [6.07, 6.45) is 1.46. The Hall–Kier alpha value is -2.53. The van der Waals surface area contributed by atoms with Crippen LogP contribution < -0.4 is 14.0 Å². The van der Waals surface area contributed by atoms with Crippen LogP contribution in [0.25, 0.3) is 11.0 Å². The van der Waals surface area contributed by atoms with Gasteiger partial charge in [-0.2, -0.15) is 0 Å². The summed E-state index contributed by atoms with van der Waals surface area (Å²) in [5.41, 5.74) is 4.86. The van der Waals surface area contributed by atoms with Crippen LogP contribution in [0.3, 0.4) is 0 Å². The van der Waals surface area contributed by atoms with Gasteiger partial charge in [0.1, 0.15) is 30.8 Å². The topological polar surface area (TPSA) is 47.5 Å². The van der Waals surface area contributed by atoms with Gasteiger partial charge in [0.05, 0.1) is 13.7 Å². The Morgan fingerprint density at radius 1 is 1.12 bits per heavy atom. The number of aliphatic hydroxyl groups excluding tert-OH is 1. The van der Waals surface area contributed by atoms with Crippen molar-refractivity contribution in [2.75, 3.05) is 13.7 Å². The maximum atomic E-state index is 10.5. The minimum atomic E-state index is -0.608. The smallest absolute Gasteiger partial charge is 0.244 e. The zero-order chi connectivity index (χ0) is 18.7. The van der Waals surface area contributed by atoms with Crippen LogP contribution in [-0.2, 0) is 13.1 Å². The third-order valence-electron chi connectivity index (χ3n) is 4.72. The van der Waals surface area contributed by atoms with Gasteiger partial charge >= 0.3 is 0 Å². The van der Waals surface area contributed by atoms with E-state index in [1.165, 1.54) is 16.6 Å². The van der Waals surface area contributed by atoms with Gasteiger partial charge in [-0.25, -0.2) is 9.13 Å². The van der Waals surface area contributed by atoms with Crippen LogP contribution in [0.4, 0.5) is 0 Å². The zero-order valence-electron chi connectivity index (χ0n) is 15.9. The Morgan fingerprint density at radius 2 is 1.85 bits per heavy atom. The van der Waals surface area contributed by atoms with Crippen molar-refractivity contribution in [3.8, 4) is 11.5 Å². The number of aliphatic hydroxyl groups is 1. The first-order chi connectivity index (χ1) is 12.5. The van der Waals surface area contributed by atoms with Crippen molar-refractivity contribution in [3.63, 3.8) is 0 Å². The van der Waals surface area contributed by atoms with Crippen molar-refractivity contribution in [3.05, 3.63) is 53.9 Å². The predicted molar refractivity (Wildman–Crippen MR) is 102 cm³/mol. The standard InChI is InChI=1S/C21H27N2O3/c1-5-22-14-23(21-10-16(3)15(2)9-20(21)22)12-17(24)13-26-19-8-6-7-18(11-19)25-4/h6-11,14,17,24H,5,12-13H2,1-4H3/q+1/t17-/m1/s1. The van der Waals surface area contributed by atoms with Gasteiger partial charge in [-0.15, -0.1) is 0 Å².